The van der Waals surface area contributed by atoms with Gasteiger partial charge in [-0.05, 0) is 61.7 Å². The lowest BCUT2D eigenvalue weighted by Gasteiger charge is -2.15. The van der Waals surface area contributed by atoms with Crippen LogP contribution >= 0.6 is 0 Å². The van der Waals surface area contributed by atoms with Gasteiger partial charge >= 0.3 is 0 Å². The molecule has 0 bridgehead atoms. The van der Waals surface area contributed by atoms with E-state index in [4.69, 9.17) is 19.9 Å². The molecule has 4 nitrogen and oxygen atoms in total. The van der Waals surface area contributed by atoms with E-state index in [2.05, 4.69) is 19.9 Å². The molecule has 23 heavy (non-hydrogen) atoms. The first kappa shape index (κ1) is 17.2. The van der Waals surface area contributed by atoms with E-state index in [9.17, 15) is 0 Å². The minimum absolute atomic E-state index is 0.449. The van der Waals surface area contributed by atoms with Crippen LogP contribution in [0.1, 0.15) is 16.7 Å². The number of hydrogen-bond acceptors (Lipinski definition) is 4. The van der Waals surface area contributed by atoms with E-state index in [1.807, 2.05) is 30.3 Å². The monoisotopic (exact) mass is 315 g/mol. The van der Waals surface area contributed by atoms with Crippen LogP contribution in [0.4, 0.5) is 0 Å². The van der Waals surface area contributed by atoms with Crippen LogP contribution in [0.3, 0.4) is 0 Å². The van der Waals surface area contributed by atoms with Crippen LogP contribution in [0.15, 0.2) is 36.4 Å². The van der Waals surface area contributed by atoms with Crippen molar-refractivity contribution in [1.29, 1.82) is 0 Å². The maximum atomic E-state index is 5.88. The first-order valence-corrected chi connectivity index (χ1v) is 7.84. The first-order valence-electron chi connectivity index (χ1n) is 7.84. The van der Waals surface area contributed by atoms with Gasteiger partial charge in [0.2, 0.25) is 0 Å². The van der Waals surface area contributed by atoms with Crippen LogP contribution < -0.4 is 19.9 Å². The van der Waals surface area contributed by atoms with Crippen LogP contribution in [-0.4, -0.2) is 26.9 Å². The minimum atomic E-state index is 0.449. The van der Waals surface area contributed by atoms with Gasteiger partial charge in [0.25, 0.3) is 0 Å². The molecule has 2 rings (SSSR count). The highest BCUT2D eigenvalue weighted by atomic mass is 16.5. The molecule has 0 heterocycles. The fraction of sp³-hybridized carbons (Fsp3) is 0.368. The highest BCUT2D eigenvalue weighted by Gasteiger charge is 2.10. The fourth-order valence-corrected chi connectivity index (χ4v) is 2.35. The predicted octanol–water partition coefficient (Wildman–Crippen LogP) is 3.27. The molecule has 2 aromatic rings. The third-order valence-corrected chi connectivity index (χ3v) is 3.77. The standard InChI is InChI=1S/C19H25NO3/c1-14-7-8-17(13-15(14)2)22-11-12-23-19-16(9-10-20)5-4-6-18(19)21-3/h4-8,13H,9-12,20H2,1-3H3. The van der Waals surface area contributed by atoms with Crippen LogP contribution in [0.2, 0.25) is 0 Å². The van der Waals surface area contributed by atoms with Gasteiger partial charge in [0.1, 0.15) is 19.0 Å². The van der Waals surface area contributed by atoms with E-state index in [0.717, 1.165) is 29.2 Å². The number of methoxy groups -OCH3 is 1. The number of rotatable bonds is 8. The molecular weight excluding hydrogens is 290 g/mol. The summed E-state index contributed by atoms with van der Waals surface area (Å²) in [6.45, 7) is 5.66. The maximum absolute atomic E-state index is 5.88. The van der Waals surface area contributed by atoms with Crippen molar-refractivity contribution >= 4 is 0 Å². The highest BCUT2D eigenvalue weighted by Crippen LogP contribution is 2.31. The van der Waals surface area contributed by atoms with Gasteiger partial charge in [-0.15, -0.1) is 0 Å². The zero-order valence-corrected chi connectivity index (χ0v) is 14.1. The smallest absolute Gasteiger partial charge is 0.164 e. The molecule has 0 radical (unpaired) electrons. The third-order valence-electron chi connectivity index (χ3n) is 3.77. The lowest BCUT2D eigenvalue weighted by molar-refractivity contribution is 0.210. The summed E-state index contributed by atoms with van der Waals surface area (Å²) in [5.74, 6) is 2.34. The quantitative estimate of drug-likeness (QED) is 0.760. The Labute approximate surface area is 138 Å². The second-order valence-corrected chi connectivity index (χ2v) is 5.43. The lowest BCUT2D eigenvalue weighted by atomic mass is 10.1. The summed E-state index contributed by atoms with van der Waals surface area (Å²) < 4.78 is 17.0. The molecule has 4 heteroatoms. The summed E-state index contributed by atoms with van der Waals surface area (Å²) in [6.07, 6.45) is 0.755. The molecule has 0 atom stereocenters. The van der Waals surface area contributed by atoms with E-state index in [0.29, 0.717) is 19.8 Å². The predicted molar refractivity (Wildman–Crippen MR) is 92.7 cm³/mol. The Morgan fingerprint density at radius 3 is 2.43 bits per heavy atom. The average Bonchev–Trinajstić information content (AvgIpc) is 2.56. The van der Waals surface area contributed by atoms with Crippen LogP contribution in [0.25, 0.3) is 0 Å². The average molecular weight is 315 g/mol. The molecule has 0 amide bonds. The zero-order valence-electron chi connectivity index (χ0n) is 14.1. The summed E-state index contributed by atoms with van der Waals surface area (Å²) in [5, 5.41) is 0. The Kier molecular flexibility index (Phi) is 6.29. The van der Waals surface area contributed by atoms with Crippen molar-refractivity contribution in [3.05, 3.63) is 53.1 Å². The van der Waals surface area contributed by atoms with E-state index in [1.54, 1.807) is 7.11 Å². The molecule has 0 aliphatic heterocycles. The van der Waals surface area contributed by atoms with Gasteiger partial charge in [-0.1, -0.05) is 18.2 Å². The molecular formula is C19H25NO3. The van der Waals surface area contributed by atoms with Gasteiger partial charge in [-0.2, -0.15) is 0 Å². The molecule has 2 N–H and O–H groups in total. The van der Waals surface area contributed by atoms with E-state index >= 15 is 0 Å². The molecule has 0 aromatic heterocycles. The minimum Gasteiger partial charge on any atom is -0.493 e. The molecule has 124 valence electrons. The molecule has 0 saturated carbocycles. The summed E-state index contributed by atoms with van der Waals surface area (Å²) in [6, 6.07) is 11.9. The van der Waals surface area contributed by atoms with Crippen LogP contribution in [0.5, 0.6) is 17.2 Å². The summed E-state index contributed by atoms with van der Waals surface area (Å²) in [5.41, 5.74) is 9.19. The number of para-hydroxylation sites is 1. The molecule has 0 unspecified atom stereocenters. The van der Waals surface area contributed by atoms with E-state index in [-0.39, 0.29) is 0 Å². The van der Waals surface area contributed by atoms with Gasteiger partial charge in [0.05, 0.1) is 7.11 Å². The van der Waals surface area contributed by atoms with Gasteiger partial charge in [0, 0.05) is 0 Å². The summed E-state index contributed by atoms with van der Waals surface area (Å²) >= 11 is 0. The molecule has 0 fully saturated rings. The first-order chi connectivity index (χ1) is 11.2. The van der Waals surface area contributed by atoms with Gasteiger partial charge in [-0.3, -0.25) is 0 Å². The Hall–Kier alpha value is -2.20. The van der Waals surface area contributed by atoms with Gasteiger partial charge in [0.15, 0.2) is 11.5 Å². The van der Waals surface area contributed by atoms with Crippen LogP contribution in [0, 0.1) is 13.8 Å². The van der Waals surface area contributed by atoms with Gasteiger partial charge in [-0.25, -0.2) is 0 Å². The van der Waals surface area contributed by atoms with Gasteiger partial charge < -0.3 is 19.9 Å². The molecule has 0 aliphatic rings. The van der Waals surface area contributed by atoms with E-state index in [1.165, 1.54) is 11.1 Å². The van der Waals surface area contributed by atoms with Crippen molar-refractivity contribution in [2.75, 3.05) is 26.9 Å². The van der Waals surface area contributed by atoms with Crippen molar-refractivity contribution in [3.8, 4) is 17.2 Å². The van der Waals surface area contributed by atoms with Crippen molar-refractivity contribution in [2.24, 2.45) is 5.73 Å². The zero-order chi connectivity index (χ0) is 16.7. The Bertz CT molecular complexity index is 641. The maximum Gasteiger partial charge on any atom is 0.164 e. The Balaban J connectivity index is 1.94. The molecule has 2 aromatic carbocycles. The topological polar surface area (TPSA) is 53.7 Å². The number of hydrogen-bond donors (Lipinski definition) is 1. The van der Waals surface area contributed by atoms with Crippen molar-refractivity contribution in [2.45, 2.75) is 20.3 Å². The Morgan fingerprint density at radius 1 is 0.957 bits per heavy atom. The van der Waals surface area contributed by atoms with Crippen molar-refractivity contribution in [3.63, 3.8) is 0 Å². The van der Waals surface area contributed by atoms with Crippen molar-refractivity contribution in [1.82, 2.24) is 0 Å². The number of nitrogens with two attached hydrogens (primary N) is 1. The molecule has 0 saturated heterocycles. The summed E-state index contributed by atoms with van der Waals surface area (Å²) in [4.78, 5) is 0. The SMILES string of the molecule is COc1cccc(CCN)c1OCCOc1ccc(C)c(C)c1. The largest absolute Gasteiger partial charge is 0.493 e. The highest BCUT2D eigenvalue weighted by molar-refractivity contribution is 5.46. The number of ether oxygens (including phenoxy) is 3. The molecule has 0 spiro atoms. The molecule has 0 aliphatic carbocycles. The van der Waals surface area contributed by atoms with Crippen LogP contribution in [-0.2, 0) is 6.42 Å². The van der Waals surface area contributed by atoms with Crippen molar-refractivity contribution < 1.29 is 14.2 Å². The second-order valence-electron chi connectivity index (χ2n) is 5.43. The Morgan fingerprint density at radius 2 is 1.74 bits per heavy atom. The lowest BCUT2D eigenvalue weighted by Crippen LogP contribution is -2.12. The second kappa shape index (κ2) is 8.44. The van der Waals surface area contributed by atoms with E-state index < -0.39 is 0 Å². The fourth-order valence-electron chi connectivity index (χ4n) is 2.35. The number of benzene rings is 2. The number of aryl methyl sites for hydroxylation is 2. The summed E-state index contributed by atoms with van der Waals surface area (Å²) in [7, 11) is 1.64. The third kappa shape index (κ3) is 4.63. The normalized spacial score (nSPS) is 10.4.